The van der Waals surface area contributed by atoms with Crippen LogP contribution in [-0.2, 0) is 4.79 Å². The van der Waals surface area contributed by atoms with Crippen molar-refractivity contribution in [3.8, 4) is 0 Å². The minimum Gasteiger partial charge on any atom is -0.310 e. The fourth-order valence-corrected chi connectivity index (χ4v) is 1.04. The number of nitrogens with zero attached hydrogens (tertiary/aromatic N) is 1. The van der Waals surface area contributed by atoms with E-state index in [9.17, 15) is 4.79 Å². The highest BCUT2D eigenvalue weighted by Gasteiger charge is 2.10. The van der Waals surface area contributed by atoms with Gasteiger partial charge >= 0.3 is 0 Å². The van der Waals surface area contributed by atoms with Gasteiger partial charge in [-0.2, -0.15) is 0 Å². The van der Waals surface area contributed by atoms with Gasteiger partial charge in [0.1, 0.15) is 5.82 Å². The molecule has 0 aliphatic heterocycles. The van der Waals surface area contributed by atoms with Crippen molar-refractivity contribution in [2.24, 2.45) is 5.92 Å². The molecule has 1 N–H and O–H groups in total. The van der Waals surface area contributed by atoms with Gasteiger partial charge in [0, 0.05) is 12.1 Å². The Labute approximate surface area is 84.6 Å². The highest BCUT2D eigenvalue weighted by atomic mass is 16.1. The van der Waals surface area contributed by atoms with Crippen LogP contribution in [0.2, 0.25) is 0 Å². The summed E-state index contributed by atoms with van der Waals surface area (Å²) in [5.74, 6) is 0.707. The molecule has 1 heterocycles. The normalized spacial score (nSPS) is 12.2. The maximum absolute atomic E-state index is 11.5. The van der Waals surface area contributed by atoms with Gasteiger partial charge in [-0.1, -0.05) is 13.8 Å². The van der Waals surface area contributed by atoms with E-state index in [1.165, 1.54) is 0 Å². The fraction of sp³-hybridized carbons (Fsp3) is 0.455. The van der Waals surface area contributed by atoms with Crippen molar-refractivity contribution in [1.82, 2.24) is 4.98 Å². The number of carbonyl (C=O) groups is 1. The van der Waals surface area contributed by atoms with Gasteiger partial charge in [0.25, 0.3) is 0 Å². The van der Waals surface area contributed by atoms with Crippen LogP contribution in [0.15, 0.2) is 18.3 Å². The summed E-state index contributed by atoms with van der Waals surface area (Å²) in [7, 11) is 0. The lowest BCUT2D eigenvalue weighted by atomic mass is 10.1. The van der Waals surface area contributed by atoms with E-state index in [-0.39, 0.29) is 11.8 Å². The Morgan fingerprint density at radius 2 is 2.36 bits per heavy atom. The second kappa shape index (κ2) is 4.74. The third-order valence-corrected chi connectivity index (χ3v) is 2.23. The summed E-state index contributed by atoms with van der Waals surface area (Å²) in [5.41, 5.74) is 1.10. The van der Waals surface area contributed by atoms with Gasteiger partial charge in [-0.05, 0) is 31.0 Å². The third-order valence-electron chi connectivity index (χ3n) is 2.23. The first kappa shape index (κ1) is 10.7. The standard InChI is InChI=1S/C11H16N2O/c1-4-9(3)11(14)13-10-7-8(2)5-6-12-10/h5-7,9H,4H2,1-3H3,(H,12,13,14)/t9-/m1/s1. The molecule has 3 heteroatoms. The lowest BCUT2D eigenvalue weighted by molar-refractivity contribution is -0.119. The highest BCUT2D eigenvalue weighted by Crippen LogP contribution is 2.08. The van der Waals surface area contributed by atoms with Crippen LogP contribution in [0.3, 0.4) is 0 Å². The van der Waals surface area contributed by atoms with Crippen molar-refractivity contribution < 1.29 is 4.79 Å². The molecule has 0 aliphatic carbocycles. The molecule has 0 aromatic carbocycles. The van der Waals surface area contributed by atoms with Crippen LogP contribution >= 0.6 is 0 Å². The van der Waals surface area contributed by atoms with E-state index in [0.717, 1.165) is 12.0 Å². The second-order valence-electron chi connectivity index (χ2n) is 3.52. The zero-order chi connectivity index (χ0) is 10.6. The SMILES string of the molecule is CC[C@@H](C)C(=O)Nc1cc(C)ccn1. The number of carbonyl (C=O) groups excluding carboxylic acids is 1. The van der Waals surface area contributed by atoms with Crippen molar-refractivity contribution in [1.29, 1.82) is 0 Å². The quantitative estimate of drug-likeness (QED) is 0.798. The maximum Gasteiger partial charge on any atom is 0.228 e. The van der Waals surface area contributed by atoms with Crippen molar-refractivity contribution in [2.45, 2.75) is 27.2 Å². The first-order valence-electron chi connectivity index (χ1n) is 4.87. The molecular weight excluding hydrogens is 176 g/mol. The fourth-order valence-electron chi connectivity index (χ4n) is 1.04. The molecule has 0 aliphatic rings. The van der Waals surface area contributed by atoms with Crippen LogP contribution in [0.25, 0.3) is 0 Å². The molecule has 0 saturated carbocycles. The van der Waals surface area contributed by atoms with E-state index >= 15 is 0 Å². The number of rotatable bonds is 3. The topological polar surface area (TPSA) is 42.0 Å². The Morgan fingerprint density at radius 1 is 1.64 bits per heavy atom. The Hall–Kier alpha value is -1.38. The summed E-state index contributed by atoms with van der Waals surface area (Å²) < 4.78 is 0. The van der Waals surface area contributed by atoms with Crippen LogP contribution in [0.5, 0.6) is 0 Å². The lowest BCUT2D eigenvalue weighted by Gasteiger charge is -2.09. The van der Waals surface area contributed by atoms with E-state index in [2.05, 4.69) is 10.3 Å². The van der Waals surface area contributed by atoms with Crippen LogP contribution in [0.1, 0.15) is 25.8 Å². The zero-order valence-corrected chi connectivity index (χ0v) is 8.87. The van der Waals surface area contributed by atoms with Crippen LogP contribution in [0.4, 0.5) is 5.82 Å². The van der Waals surface area contributed by atoms with E-state index in [1.54, 1.807) is 6.20 Å². The van der Waals surface area contributed by atoms with Gasteiger partial charge in [0.2, 0.25) is 5.91 Å². The summed E-state index contributed by atoms with van der Waals surface area (Å²) >= 11 is 0. The largest absolute Gasteiger partial charge is 0.310 e. The molecule has 0 bridgehead atoms. The number of amides is 1. The molecule has 0 saturated heterocycles. The number of anilines is 1. The predicted molar refractivity (Wildman–Crippen MR) is 57.1 cm³/mol. The minimum atomic E-state index is 0.0330. The van der Waals surface area contributed by atoms with Crippen molar-refractivity contribution >= 4 is 11.7 Å². The number of aryl methyl sites for hydroxylation is 1. The Bertz CT molecular complexity index is 323. The third kappa shape index (κ3) is 2.83. The van der Waals surface area contributed by atoms with Gasteiger partial charge in [0.05, 0.1) is 0 Å². The molecule has 1 rings (SSSR count). The van der Waals surface area contributed by atoms with Crippen LogP contribution in [0, 0.1) is 12.8 Å². The van der Waals surface area contributed by atoms with Crippen LogP contribution in [-0.4, -0.2) is 10.9 Å². The molecule has 1 aromatic rings. The molecule has 14 heavy (non-hydrogen) atoms. The molecule has 1 atom stereocenters. The van der Waals surface area contributed by atoms with E-state index in [4.69, 9.17) is 0 Å². The van der Waals surface area contributed by atoms with Gasteiger partial charge < -0.3 is 5.32 Å². The Morgan fingerprint density at radius 3 is 2.93 bits per heavy atom. The average molecular weight is 192 g/mol. The van der Waals surface area contributed by atoms with Gasteiger partial charge in [-0.3, -0.25) is 4.79 Å². The zero-order valence-electron chi connectivity index (χ0n) is 8.87. The molecule has 0 fully saturated rings. The monoisotopic (exact) mass is 192 g/mol. The molecule has 0 radical (unpaired) electrons. The molecular formula is C11H16N2O. The number of hydrogen-bond donors (Lipinski definition) is 1. The Kier molecular flexibility index (Phi) is 3.63. The van der Waals surface area contributed by atoms with Gasteiger partial charge in [0.15, 0.2) is 0 Å². The first-order chi connectivity index (χ1) is 6.63. The number of aromatic nitrogens is 1. The smallest absolute Gasteiger partial charge is 0.228 e. The van der Waals surface area contributed by atoms with E-state index < -0.39 is 0 Å². The predicted octanol–water partition coefficient (Wildman–Crippen LogP) is 2.37. The lowest BCUT2D eigenvalue weighted by Crippen LogP contribution is -2.20. The second-order valence-corrected chi connectivity index (χ2v) is 3.52. The number of nitrogens with one attached hydrogen (secondary N) is 1. The Balaban J connectivity index is 2.65. The number of pyridine rings is 1. The van der Waals surface area contributed by atoms with Crippen molar-refractivity contribution in [3.05, 3.63) is 23.9 Å². The molecule has 1 amide bonds. The maximum atomic E-state index is 11.5. The average Bonchev–Trinajstić information content (AvgIpc) is 2.16. The van der Waals surface area contributed by atoms with Gasteiger partial charge in [-0.15, -0.1) is 0 Å². The molecule has 1 aromatic heterocycles. The molecule has 76 valence electrons. The molecule has 0 unspecified atom stereocenters. The number of hydrogen-bond acceptors (Lipinski definition) is 2. The molecule has 3 nitrogen and oxygen atoms in total. The van der Waals surface area contributed by atoms with E-state index in [0.29, 0.717) is 5.82 Å². The van der Waals surface area contributed by atoms with Gasteiger partial charge in [-0.25, -0.2) is 4.98 Å². The summed E-state index contributed by atoms with van der Waals surface area (Å²) in [6.07, 6.45) is 2.54. The van der Waals surface area contributed by atoms with Crippen LogP contribution < -0.4 is 5.32 Å². The summed E-state index contributed by atoms with van der Waals surface area (Å²) in [5, 5.41) is 2.78. The molecule has 0 spiro atoms. The minimum absolute atomic E-state index is 0.0330. The van der Waals surface area contributed by atoms with Crippen molar-refractivity contribution in [2.75, 3.05) is 5.32 Å². The summed E-state index contributed by atoms with van der Waals surface area (Å²) in [4.78, 5) is 15.6. The summed E-state index contributed by atoms with van der Waals surface area (Å²) in [6.45, 7) is 5.87. The van der Waals surface area contributed by atoms with Crippen molar-refractivity contribution in [3.63, 3.8) is 0 Å². The highest BCUT2D eigenvalue weighted by molar-refractivity contribution is 5.91. The first-order valence-corrected chi connectivity index (χ1v) is 4.87. The van der Waals surface area contributed by atoms with E-state index in [1.807, 2.05) is 32.9 Å². The summed E-state index contributed by atoms with van der Waals surface area (Å²) in [6, 6.07) is 3.76.